The molecule has 0 radical (unpaired) electrons. The Morgan fingerprint density at radius 3 is 2.52 bits per heavy atom. The summed E-state index contributed by atoms with van der Waals surface area (Å²) >= 11 is 3.34. The Labute approximate surface area is 197 Å². The Balaban J connectivity index is 1.59. The maximum Gasteiger partial charge on any atom is 0.343 e. The molecule has 33 heavy (non-hydrogen) atoms. The Morgan fingerprint density at radius 1 is 1.03 bits per heavy atom. The van der Waals surface area contributed by atoms with Crippen LogP contribution in [0.15, 0.2) is 76.3 Å². The number of carbonyl (C=O) groups is 3. The molecule has 168 valence electrons. The molecule has 0 heterocycles. The van der Waals surface area contributed by atoms with Crippen LogP contribution < -0.4 is 15.5 Å². The van der Waals surface area contributed by atoms with E-state index in [4.69, 9.17) is 4.74 Å². The number of hydrogen-bond donors (Lipinski definition) is 2. The molecule has 0 saturated heterocycles. The number of esters is 1. The summed E-state index contributed by atoms with van der Waals surface area (Å²) in [5, 5.41) is 6.27. The van der Waals surface area contributed by atoms with Gasteiger partial charge < -0.3 is 10.1 Å². The predicted molar refractivity (Wildman–Crippen MR) is 125 cm³/mol. The Bertz CT molecular complexity index is 1210. The molecular weight excluding hydrogens is 493 g/mol. The van der Waals surface area contributed by atoms with Gasteiger partial charge in [-0.2, -0.15) is 5.10 Å². The van der Waals surface area contributed by atoms with Crippen LogP contribution in [0.3, 0.4) is 0 Å². The van der Waals surface area contributed by atoms with Gasteiger partial charge in [0.1, 0.15) is 11.6 Å². The quantitative estimate of drug-likeness (QED) is 0.217. The van der Waals surface area contributed by atoms with E-state index >= 15 is 0 Å². The van der Waals surface area contributed by atoms with Crippen molar-refractivity contribution in [2.24, 2.45) is 5.10 Å². The molecule has 3 rings (SSSR count). The average Bonchev–Trinajstić information content (AvgIpc) is 2.79. The van der Waals surface area contributed by atoms with Crippen molar-refractivity contribution in [1.82, 2.24) is 10.7 Å². The third-order valence-corrected chi connectivity index (χ3v) is 4.83. The molecule has 0 spiro atoms. The molecule has 3 aromatic rings. The highest BCUT2D eigenvalue weighted by molar-refractivity contribution is 9.10. The van der Waals surface area contributed by atoms with Crippen molar-refractivity contribution >= 4 is 39.9 Å². The van der Waals surface area contributed by atoms with Gasteiger partial charge in [-0.05, 0) is 61.5 Å². The fraction of sp³-hybridized carbons (Fsp3) is 0.0833. The Kier molecular flexibility index (Phi) is 8.04. The molecule has 0 aromatic heterocycles. The number of nitrogens with zero attached hydrogens (tertiary/aromatic N) is 1. The molecule has 0 aliphatic heterocycles. The van der Waals surface area contributed by atoms with E-state index in [9.17, 15) is 18.8 Å². The number of amides is 2. The highest BCUT2D eigenvalue weighted by Gasteiger charge is 2.12. The van der Waals surface area contributed by atoms with Crippen molar-refractivity contribution in [2.45, 2.75) is 6.92 Å². The van der Waals surface area contributed by atoms with Crippen LogP contribution in [0, 0.1) is 12.7 Å². The van der Waals surface area contributed by atoms with E-state index in [1.807, 2.05) is 13.0 Å². The first kappa shape index (κ1) is 23.8. The lowest BCUT2D eigenvalue weighted by Gasteiger charge is -2.08. The molecule has 3 aromatic carbocycles. The van der Waals surface area contributed by atoms with E-state index in [0.717, 1.165) is 22.2 Å². The summed E-state index contributed by atoms with van der Waals surface area (Å²) in [6.45, 7) is 1.54. The minimum absolute atomic E-state index is 0.224. The minimum atomic E-state index is -0.574. The second kappa shape index (κ2) is 11.1. The fourth-order valence-corrected chi connectivity index (χ4v) is 3.10. The van der Waals surface area contributed by atoms with Crippen LogP contribution in [0.25, 0.3) is 0 Å². The lowest BCUT2D eigenvalue weighted by atomic mass is 10.1. The lowest BCUT2D eigenvalue weighted by molar-refractivity contribution is -0.120. The molecule has 0 unspecified atom stereocenters. The van der Waals surface area contributed by atoms with Gasteiger partial charge in [-0.25, -0.2) is 14.6 Å². The number of carbonyl (C=O) groups excluding carboxylic acids is 3. The molecule has 2 N–H and O–H groups in total. The standard InChI is InChI=1S/C24H19BrFN3O4/c1-15-3-2-4-17(11-15)24(32)33-21-10-7-19(25)12-18(21)13-28-29-22(30)14-27-23(31)16-5-8-20(26)9-6-16/h2-13H,14H2,1H3,(H,27,31)(H,29,30)/b28-13-. The Hall–Kier alpha value is -3.85. The summed E-state index contributed by atoms with van der Waals surface area (Å²) in [4.78, 5) is 36.4. The number of halogens is 2. The second-order valence-electron chi connectivity index (χ2n) is 6.92. The van der Waals surface area contributed by atoms with E-state index in [-0.39, 0.29) is 17.9 Å². The van der Waals surface area contributed by atoms with Gasteiger partial charge in [0, 0.05) is 15.6 Å². The van der Waals surface area contributed by atoms with Gasteiger partial charge in [-0.15, -0.1) is 0 Å². The second-order valence-corrected chi connectivity index (χ2v) is 7.84. The molecule has 2 amide bonds. The molecule has 0 bridgehead atoms. The van der Waals surface area contributed by atoms with Crippen LogP contribution in [0.2, 0.25) is 0 Å². The van der Waals surface area contributed by atoms with Gasteiger partial charge in [0.2, 0.25) is 0 Å². The normalized spacial score (nSPS) is 10.6. The van der Waals surface area contributed by atoms with Crippen molar-refractivity contribution in [3.63, 3.8) is 0 Å². The lowest BCUT2D eigenvalue weighted by Crippen LogP contribution is -2.34. The predicted octanol–water partition coefficient (Wildman–Crippen LogP) is 4.00. The largest absolute Gasteiger partial charge is 0.422 e. The zero-order valence-corrected chi connectivity index (χ0v) is 19.1. The van der Waals surface area contributed by atoms with Gasteiger partial charge in [0.25, 0.3) is 11.8 Å². The monoisotopic (exact) mass is 511 g/mol. The minimum Gasteiger partial charge on any atom is -0.422 e. The first-order valence-electron chi connectivity index (χ1n) is 9.76. The SMILES string of the molecule is Cc1cccc(C(=O)Oc2ccc(Br)cc2/C=N\NC(=O)CNC(=O)c2ccc(F)cc2)c1. The highest BCUT2D eigenvalue weighted by atomic mass is 79.9. The fourth-order valence-electron chi connectivity index (χ4n) is 2.72. The smallest absolute Gasteiger partial charge is 0.343 e. The van der Waals surface area contributed by atoms with Gasteiger partial charge in [-0.3, -0.25) is 9.59 Å². The van der Waals surface area contributed by atoms with Gasteiger partial charge >= 0.3 is 5.97 Å². The van der Waals surface area contributed by atoms with Gasteiger partial charge in [0.05, 0.1) is 18.3 Å². The number of hydrogen-bond acceptors (Lipinski definition) is 5. The summed E-state index contributed by atoms with van der Waals surface area (Å²) in [7, 11) is 0. The zero-order chi connectivity index (χ0) is 23.8. The van der Waals surface area contributed by atoms with Gasteiger partial charge in [-0.1, -0.05) is 33.6 Å². The number of hydrazone groups is 1. The third-order valence-electron chi connectivity index (χ3n) is 4.34. The van der Waals surface area contributed by atoms with Crippen molar-refractivity contribution in [3.8, 4) is 5.75 Å². The van der Waals surface area contributed by atoms with E-state index in [1.54, 1.807) is 36.4 Å². The summed E-state index contributed by atoms with van der Waals surface area (Å²) in [6.07, 6.45) is 1.32. The van der Waals surface area contributed by atoms with E-state index < -0.39 is 23.6 Å². The maximum atomic E-state index is 12.9. The zero-order valence-electron chi connectivity index (χ0n) is 17.5. The van der Waals surface area contributed by atoms with Crippen LogP contribution in [0.1, 0.15) is 31.8 Å². The highest BCUT2D eigenvalue weighted by Crippen LogP contribution is 2.23. The van der Waals surface area contributed by atoms with Crippen LogP contribution in [-0.4, -0.2) is 30.5 Å². The average molecular weight is 512 g/mol. The molecule has 0 fully saturated rings. The molecule has 7 nitrogen and oxygen atoms in total. The van der Waals surface area contributed by atoms with Gasteiger partial charge in [0.15, 0.2) is 0 Å². The van der Waals surface area contributed by atoms with E-state index in [1.165, 1.54) is 18.3 Å². The van der Waals surface area contributed by atoms with Crippen LogP contribution in [-0.2, 0) is 4.79 Å². The first-order chi connectivity index (χ1) is 15.8. The van der Waals surface area contributed by atoms with Crippen molar-refractivity contribution in [1.29, 1.82) is 0 Å². The van der Waals surface area contributed by atoms with Crippen molar-refractivity contribution in [2.75, 3.05) is 6.54 Å². The molecule has 0 saturated carbocycles. The van der Waals surface area contributed by atoms with Crippen LogP contribution in [0.4, 0.5) is 4.39 Å². The third kappa shape index (κ3) is 7.08. The van der Waals surface area contributed by atoms with E-state index in [0.29, 0.717) is 11.1 Å². The van der Waals surface area contributed by atoms with Crippen LogP contribution >= 0.6 is 15.9 Å². The molecule has 0 aliphatic rings. The number of nitrogens with one attached hydrogen (secondary N) is 2. The molecule has 0 aliphatic carbocycles. The number of benzene rings is 3. The molecular formula is C24H19BrFN3O4. The van der Waals surface area contributed by atoms with E-state index in [2.05, 4.69) is 31.8 Å². The summed E-state index contributed by atoms with van der Waals surface area (Å²) in [6, 6.07) is 16.9. The summed E-state index contributed by atoms with van der Waals surface area (Å²) < 4.78 is 19.1. The first-order valence-corrected chi connectivity index (χ1v) is 10.5. The van der Waals surface area contributed by atoms with Crippen molar-refractivity contribution in [3.05, 3.63) is 99.3 Å². The van der Waals surface area contributed by atoms with Crippen LogP contribution in [0.5, 0.6) is 5.75 Å². The Morgan fingerprint density at radius 2 is 1.79 bits per heavy atom. The number of aryl methyl sites for hydroxylation is 1. The number of ether oxygens (including phenoxy) is 1. The number of rotatable bonds is 7. The summed E-state index contributed by atoms with van der Waals surface area (Å²) in [5.41, 5.74) is 4.29. The molecule has 0 atom stereocenters. The summed E-state index contributed by atoms with van der Waals surface area (Å²) in [5.74, 6) is -1.83. The van der Waals surface area contributed by atoms with Crippen molar-refractivity contribution < 1.29 is 23.5 Å². The topological polar surface area (TPSA) is 96.9 Å². The molecule has 9 heteroatoms. The maximum absolute atomic E-state index is 12.9.